The molecule has 4 heteroatoms. The number of rotatable bonds is 1. The van der Waals surface area contributed by atoms with Crippen LogP contribution in [0.15, 0.2) is 12.3 Å². The second kappa shape index (κ2) is 1.68. The Morgan fingerprint density at radius 3 is 3.00 bits per heavy atom. The molecule has 0 saturated carbocycles. The first kappa shape index (κ1) is 4.24. The molecule has 0 fully saturated rings. The van der Waals surface area contributed by atoms with Crippen molar-refractivity contribution >= 4 is 8.05 Å². The average Bonchev–Trinajstić information content (AvgIpc) is 2.14. The fraction of sp³-hybridized carbons (Fsp3) is 0. The molecule has 1 aromatic heterocycles. The van der Waals surface area contributed by atoms with Gasteiger partial charge in [-0.15, -0.1) is 5.10 Å². The van der Waals surface area contributed by atoms with Crippen molar-refractivity contribution in [3.63, 3.8) is 0 Å². The van der Waals surface area contributed by atoms with Gasteiger partial charge in [-0.2, -0.15) is 0 Å². The van der Waals surface area contributed by atoms with E-state index in [0.29, 0.717) is 5.88 Å². The molecule has 0 bridgehead atoms. The summed E-state index contributed by atoms with van der Waals surface area (Å²) in [5, 5.41) is 6.29. The molecular weight excluding hydrogens is 90.9 g/mol. The summed E-state index contributed by atoms with van der Waals surface area (Å²) in [5.41, 5.74) is 0. The van der Waals surface area contributed by atoms with E-state index in [1.54, 1.807) is 20.3 Å². The zero-order chi connectivity index (χ0) is 5.11. The molecule has 3 nitrogen and oxygen atoms in total. The molecule has 1 rings (SSSR count). The number of aromatic amines is 1. The Hall–Kier alpha value is -0.925. The Bertz CT molecular complexity index is 127. The highest BCUT2D eigenvalue weighted by Gasteiger charge is 1.83. The van der Waals surface area contributed by atoms with Crippen LogP contribution < -0.4 is 4.65 Å². The Morgan fingerprint density at radius 2 is 2.71 bits per heavy atom. The molecule has 0 aliphatic carbocycles. The normalized spacial score (nSPS) is 8.57. The van der Waals surface area contributed by atoms with Gasteiger partial charge in [0.15, 0.2) is 0 Å². The summed E-state index contributed by atoms with van der Waals surface area (Å²) in [7, 11) is 1.58. The maximum atomic E-state index is 4.71. The fourth-order valence-corrected chi connectivity index (χ4v) is 0.360. The van der Waals surface area contributed by atoms with Crippen LogP contribution in [0.25, 0.3) is 0 Å². The third kappa shape index (κ3) is 0.736. The summed E-state index contributed by atoms with van der Waals surface area (Å²) >= 11 is 0. The molecular formula is C3H5BN2O. The largest absolute Gasteiger partial charge is 0.554 e. The standard InChI is InChI=1S/C3H5BN2O/c4-7-3-1-2-5-6-3/h1-2H,4H2,(H,5,6). The van der Waals surface area contributed by atoms with E-state index in [1.807, 2.05) is 0 Å². The minimum atomic E-state index is 0.625. The molecule has 0 atom stereocenters. The first-order chi connectivity index (χ1) is 3.43. The number of nitrogens with zero attached hydrogens (tertiary/aromatic N) is 1. The quantitative estimate of drug-likeness (QED) is 0.471. The van der Waals surface area contributed by atoms with Crippen molar-refractivity contribution in [3.05, 3.63) is 12.3 Å². The van der Waals surface area contributed by atoms with Crippen LogP contribution in [0.5, 0.6) is 5.88 Å². The number of hydrogen-bond donors (Lipinski definition) is 1. The minimum absolute atomic E-state index is 0.625. The number of nitrogens with one attached hydrogen (secondary N) is 1. The summed E-state index contributed by atoms with van der Waals surface area (Å²) in [6.45, 7) is 0. The summed E-state index contributed by atoms with van der Waals surface area (Å²) in [5.74, 6) is 0.625. The van der Waals surface area contributed by atoms with Gasteiger partial charge in [-0.1, -0.05) is 0 Å². The molecule has 1 N–H and O–H groups in total. The van der Waals surface area contributed by atoms with Gasteiger partial charge in [-0.05, 0) is 0 Å². The predicted molar refractivity (Wildman–Crippen MR) is 27.8 cm³/mol. The highest BCUT2D eigenvalue weighted by atomic mass is 16.4. The monoisotopic (exact) mass is 96.0 g/mol. The van der Waals surface area contributed by atoms with Crippen LogP contribution >= 0.6 is 0 Å². The van der Waals surface area contributed by atoms with E-state index in [-0.39, 0.29) is 0 Å². The molecule has 36 valence electrons. The molecule has 0 unspecified atom stereocenters. The van der Waals surface area contributed by atoms with Crippen molar-refractivity contribution in [2.45, 2.75) is 0 Å². The van der Waals surface area contributed by atoms with Crippen LogP contribution in [0.1, 0.15) is 0 Å². The summed E-state index contributed by atoms with van der Waals surface area (Å²) in [6.07, 6.45) is 1.71. The Kier molecular flexibility index (Phi) is 1.02. The smallest absolute Gasteiger partial charge is 0.324 e. The van der Waals surface area contributed by atoms with Crippen molar-refractivity contribution in [2.75, 3.05) is 0 Å². The van der Waals surface area contributed by atoms with Crippen LogP contribution in [0.4, 0.5) is 0 Å². The predicted octanol–water partition coefficient (Wildman–Crippen LogP) is -0.663. The highest BCUT2D eigenvalue weighted by Crippen LogP contribution is 1.97. The third-order valence-electron chi connectivity index (χ3n) is 0.684. The molecule has 0 aliphatic heterocycles. The lowest BCUT2D eigenvalue weighted by atomic mass is 10.5. The lowest BCUT2D eigenvalue weighted by Crippen LogP contribution is -1.82. The molecule has 0 radical (unpaired) electrons. The Labute approximate surface area is 42.1 Å². The topological polar surface area (TPSA) is 37.9 Å². The van der Waals surface area contributed by atoms with Gasteiger partial charge in [0.25, 0.3) is 0 Å². The molecule has 0 aliphatic rings. The summed E-state index contributed by atoms with van der Waals surface area (Å²) < 4.78 is 4.71. The van der Waals surface area contributed by atoms with Crippen molar-refractivity contribution in [1.29, 1.82) is 0 Å². The molecule has 0 spiro atoms. The first-order valence-corrected chi connectivity index (χ1v) is 1.97. The van der Waals surface area contributed by atoms with Crippen molar-refractivity contribution in [2.24, 2.45) is 0 Å². The first-order valence-electron chi connectivity index (χ1n) is 1.97. The van der Waals surface area contributed by atoms with Crippen molar-refractivity contribution in [3.8, 4) is 5.88 Å². The van der Waals surface area contributed by atoms with Gasteiger partial charge >= 0.3 is 8.05 Å². The number of hydrogen-bond acceptors (Lipinski definition) is 2. The van der Waals surface area contributed by atoms with E-state index in [4.69, 9.17) is 4.65 Å². The van der Waals surface area contributed by atoms with E-state index in [1.165, 1.54) is 0 Å². The number of H-pyrrole nitrogens is 1. The van der Waals surface area contributed by atoms with Crippen molar-refractivity contribution in [1.82, 2.24) is 10.2 Å². The van der Waals surface area contributed by atoms with Crippen molar-refractivity contribution < 1.29 is 4.65 Å². The van der Waals surface area contributed by atoms with Gasteiger partial charge in [0, 0.05) is 12.3 Å². The van der Waals surface area contributed by atoms with E-state index in [2.05, 4.69) is 10.2 Å². The van der Waals surface area contributed by atoms with Crippen LogP contribution in [-0.4, -0.2) is 18.2 Å². The van der Waals surface area contributed by atoms with E-state index >= 15 is 0 Å². The maximum Gasteiger partial charge on any atom is 0.324 e. The SMILES string of the molecule is BOc1cc[nH]n1. The van der Waals surface area contributed by atoms with E-state index in [0.717, 1.165) is 0 Å². The lowest BCUT2D eigenvalue weighted by Gasteiger charge is -1.85. The maximum absolute atomic E-state index is 4.71. The molecule has 0 aromatic carbocycles. The molecule has 0 amide bonds. The van der Waals surface area contributed by atoms with E-state index < -0.39 is 0 Å². The fourth-order valence-electron chi connectivity index (χ4n) is 0.360. The van der Waals surface area contributed by atoms with Crippen LogP contribution in [0.3, 0.4) is 0 Å². The van der Waals surface area contributed by atoms with Gasteiger partial charge in [-0.25, -0.2) is 0 Å². The number of aromatic nitrogens is 2. The van der Waals surface area contributed by atoms with Crippen LogP contribution in [-0.2, 0) is 0 Å². The third-order valence-corrected chi connectivity index (χ3v) is 0.684. The summed E-state index contributed by atoms with van der Waals surface area (Å²) in [6, 6.07) is 1.75. The van der Waals surface area contributed by atoms with Gasteiger partial charge in [-0.3, -0.25) is 5.10 Å². The molecule has 7 heavy (non-hydrogen) atoms. The van der Waals surface area contributed by atoms with Gasteiger partial charge in [0.05, 0.1) is 0 Å². The van der Waals surface area contributed by atoms with E-state index in [9.17, 15) is 0 Å². The van der Waals surface area contributed by atoms with Crippen LogP contribution in [0, 0.1) is 0 Å². The molecule has 0 saturated heterocycles. The highest BCUT2D eigenvalue weighted by molar-refractivity contribution is 5.99. The Balaban J connectivity index is 2.76. The molecule has 1 aromatic rings. The second-order valence-electron chi connectivity index (χ2n) is 1.12. The van der Waals surface area contributed by atoms with Gasteiger partial charge in [0.1, 0.15) is 0 Å². The average molecular weight is 95.9 g/mol. The minimum Gasteiger partial charge on any atom is -0.554 e. The lowest BCUT2D eigenvalue weighted by molar-refractivity contribution is 0.585. The van der Waals surface area contributed by atoms with Gasteiger partial charge in [0.2, 0.25) is 5.88 Å². The Morgan fingerprint density at radius 1 is 1.86 bits per heavy atom. The summed E-state index contributed by atoms with van der Waals surface area (Å²) in [4.78, 5) is 0. The molecule has 1 heterocycles. The zero-order valence-corrected chi connectivity index (χ0v) is 4.01. The zero-order valence-electron chi connectivity index (χ0n) is 4.01. The van der Waals surface area contributed by atoms with Gasteiger partial charge < -0.3 is 4.65 Å². The second-order valence-corrected chi connectivity index (χ2v) is 1.12. The van der Waals surface area contributed by atoms with Crippen LogP contribution in [0.2, 0.25) is 0 Å².